The first-order valence-electron chi connectivity index (χ1n) is 9.05. The highest BCUT2D eigenvalue weighted by atomic mass is 32.2. The van der Waals surface area contributed by atoms with Gasteiger partial charge in [0, 0.05) is 35.6 Å². The lowest BCUT2D eigenvalue weighted by Crippen LogP contribution is -2.13. The summed E-state index contributed by atoms with van der Waals surface area (Å²) in [7, 11) is 0. The van der Waals surface area contributed by atoms with E-state index in [0.29, 0.717) is 16.8 Å². The summed E-state index contributed by atoms with van der Waals surface area (Å²) in [5.74, 6) is 2.89. The number of anilines is 1. The predicted molar refractivity (Wildman–Crippen MR) is 114 cm³/mol. The van der Waals surface area contributed by atoms with Gasteiger partial charge in [0.15, 0.2) is 5.78 Å². The van der Waals surface area contributed by atoms with E-state index in [1.807, 2.05) is 48.6 Å². The highest BCUT2D eigenvalue weighted by Crippen LogP contribution is 2.45. The molecule has 6 heteroatoms. The minimum atomic E-state index is -0.141. The van der Waals surface area contributed by atoms with E-state index >= 15 is 0 Å². The van der Waals surface area contributed by atoms with Crippen molar-refractivity contribution in [1.82, 2.24) is 0 Å². The fourth-order valence-corrected chi connectivity index (χ4v) is 5.65. The Morgan fingerprint density at radius 2 is 1.81 bits per heavy atom. The summed E-state index contributed by atoms with van der Waals surface area (Å²) in [6.07, 6.45) is 0.358. The van der Waals surface area contributed by atoms with Gasteiger partial charge in [0.05, 0.1) is 11.2 Å². The van der Waals surface area contributed by atoms with Gasteiger partial charge in [-0.3, -0.25) is 9.59 Å². The maximum Gasteiger partial charge on any atom is 0.224 e. The SMILES string of the molecule is CCOc1ccc(C(=O)CCC(=O)Nc2cccc(C3SCCS3)c2)cc1. The molecule has 0 spiro atoms. The molecule has 0 bridgehead atoms. The second-order valence-electron chi connectivity index (χ2n) is 6.13. The van der Waals surface area contributed by atoms with Gasteiger partial charge >= 0.3 is 0 Å². The maximum absolute atomic E-state index is 12.3. The lowest BCUT2D eigenvalue weighted by molar-refractivity contribution is -0.116. The van der Waals surface area contributed by atoms with E-state index < -0.39 is 0 Å². The number of hydrogen-bond donors (Lipinski definition) is 1. The van der Waals surface area contributed by atoms with Crippen molar-refractivity contribution in [2.45, 2.75) is 24.3 Å². The number of amides is 1. The Morgan fingerprint density at radius 1 is 1.07 bits per heavy atom. The van der Waals surface area contributed by atoms with Crippen LogP contribution in [0.3, 0.4) is 0 Å². The summed E-state index contributed by atoms with van der Waals surface area (Å²) in [5, 5.41) is 2.91. The van der Waals surface area contributed by atoms with Gasteiger partial charge in [-0.2, -0.15) is 0 Å². The van der Waals surface area contributed by atoms with E-state index in [-0.39, 0.29) is 24.5 Å². The zero-order valence-electron chi connectivity index (χ0n) is 15.3. The molecule has 0 atom stereocenters. The van der Waals surface area contributed by atoms with Crippen LogP contribution in [-0.4, -0.2) is 29.8 Å². The van der Waals surface area contributed by atoms with E-state index in [9.17, 15) is 9.59 Å². The van der Waals surface area contributed by atoms with Gasteiger partial charge in [0.1, 0.15) is 5.75 Å². The van der Waals surface area contributed by atoms with Gasteiger partial charge in [-0.1, -0.05) is 12.1 Å². The van der Waals surface area contributed by atoms with Crippen LogP contribution in [0.1, 0.15) is 40.3 Å². The van der Waals surface area contributed by atoms with Crippen molar-refractivity contribution in [1.29, 1.82) is 0 Å². The van der Waals surface area contributed by atoms with E-state index in [2.05, 4.69) is 11.4 Å². The second-order valence-corrected chi connectivity index (χ2v) is 8.85. The fourth-order valence-electron chi connectivity index (χ4n) is 2.81. The molecule has 0 saturated carbocycles. The van der Waals surface area contributed by atoms with Crippen LogP contribution in [0.25, 0.3) is 0 Å². The normalized spacial score (nSPS) is 14.1. The van der Waals surface area contributed by atoms with Gasteiger partial charge in [-0.25, -0.2) is 0 Å². The first-order valence-corrected chi connectivity index (χ1v) is 11.1. The van der Waals surface area contributed by atoms with Gasteiger partial charge < -0.3 is 10.1 Å². The third-order valence-corrected chi connectivity index (χ3v) is 7.24. The largest absolute Gasteiger partial charge is 0.494 e. The molecule has 3 rings (SSSR count). The Balaban J connectivity index is 1.50. The van der Waals surface area contributed by atoms with Crippen LogP contribution in [0.4, 0.5) is 5.69 Å². The van der Waals surface area contributed by atoms with Crippen LogP contribution < -0.4 is 10.1 Å². The van der Waals surface area contributed by atoms with Crippen molar-refractivity contribution in [3.8, 4) is 5.75 Å². The monoisotopic (exact) mass is 401 g/mol. The van der Waals surface area contributed by atoms with Crippen molar-refractivity contribution < 1.29 is 14.3 Å². The van der Waals surface area contributed by atoms with Crippen LogP contribution >= 0.6 is 23.5 Å². The lowest BCUT2D eigenvalue weighted by Gasteiger charge is -2.11. The van der Waals surface area contributed by atoms with Crippen LogP contribution in [0.5, 0.6) is 5.75 Å². The number of hydrogen-bond acceptors (Lipinski definition) is 5. The summed E-state index contributed by atoms with van der Waals surface area (Å²) < 4.78 is 5.82. The highest BCUT2D eigenvalue weighted by Gasteiger charge is 2.18. The number of rotatable bonds is 8. The van der Waals surface area contributed by atoms with Crippen LogP contribution in [-0.2, 0) is 4.79 Å². The van der Waals surface area contributed by atoms with Gasteiger partial charge in [-0.15, -0.1) is 23.5 Å². The summed E-state index contributed by atoms with van der Waals surface area (Å²) in [4.78, 5) is 24.5. The number of thioether (sulfide) groups is 2. The number of carbonyl (C=O) groups excluding carboxylic acids is 2. The van der Waals surface area contributed by atoms with Crippen molar-refractivity contribution >= 4 is 40.9 Å². The molecule has 0 unspecified atom stereocenters. The van der Waals surface area contributed by atoms with Crippen molar-refractivity contribution in [2.24, 2.45) is 0 Å². The fraction of sp³-hybridized carbons (Fsp3) is 0.333. The Labute approximate surface area is 168 Å². The molecule has 1 amide bonds. The van der Waals surface area contributed by atoms with Crippen molar-refractivity contribution in [3.63, 3.8) is 0 Å². The standard InChI is InChI=1S/C21H23NO3S2/c1-2-25-18-8-6-15(7-9-18)19(23)10-11-20(24)22-17-5-3-4-16(14-17)21-26-12-13-27-21/h3-9,14,21H,2,10-13H2,1H3,(H,22,24). The first kappa shape index (κ1) is 19.8. The summed E-state index contributed by atoms with van der Waals surface area (Å²) >= 11 is 3.87. The lowest BCUT2D eigenvalue weighted by atomic mass is 10.1. The van der Waals surface area contributed by atoms with E-state index in [0.717, 1.165) is 11.4 Å². The second kappa shape index (κ2) is 9.85. The predicted octanol–water partition coefficient (Wildman–Crippen LogP) is 5.17. The number of carbonyl (C=O) groups is 2. The molecule has 27 heavy (non-hydrogen) atoms. The summed E-state index contributed by atoms with van der Waals surface area (Å²) in [5.41, 5.74) is 2.62. The van der Waals surface area contributed by atoms with Crippen LogP contribution in [0.15, 0.2) is 48.5 Å². The van der Waals surface area contributed by atoms with E-state index in [4.69, 9.17) is 4.74 Å². The molecule has 1 aliphatic rings. The Kier molecular flexibility index (Phi) is 7.24. The molecule has 0 radical (unpaired) electrons. The number of ketones is 1. The van der Waals surface area contributed by atoms with Gasteiger partial charge in [0.25, 0.3) is 0 Å². The quantitative estimate of drug-likeness (QED) is 0.619. The molecular weight excluding hydrogens is 378 g/mol. The first-order chi connectivity index (χ1) is 13.2. The smallest absolute Gasteiger partial charge is 0.224 e. The van der Waals surface area contributed by atoms with Gasteiger partial charge in [0.2, 0.25) is 5.91 Å². The number of benzene rings is 2. The zero-order valence-corrected chi connectivity index (χ0v) is 16.9. The molecule has 0 aromatic heterocycles. The molecule has 2 aromatic carbocycles. The van der Waals surface area contributed by atoms with Crippen molar-refractivity contribution in [3.05, 3.63) is 59.7 Å². The average molecular weight is 402 g/mol. The molecule has 4 nitrogen and oxygen atoms in total. The van der Waals surface area contributed by atoms with Crippen LogP contribution in [0, 0.1) is 0 Å². The average Bonchev–Trinajstić information content (AvgIpc) is 3.22. The Hall–Kier alpha value is -1.92. The third kappa shape index (κ3) is 5.78. The number of Topliss-reactive ketones (excluding diaryl/α,β-unsaturated/α-hetero) is 1. The minimum absolute atomic E-state index is 0.0410. The zero-order chi connectivity index (χ0) is 19.1. The molecule has 1 saturated heterocycles. The molecule has 2 aromatic rings. The van der Waals surface area contributed by atoms with Crippen molar-refractivity contribution in [2.75, 3.05) is 23.4 Å². The Bertz CT molecular complexity index is 786. The topological polar surface area (TPSA) is 55.4 Å². The molecule has 1 fully saturated rings. The number of nitrogens with one attached hydrogen (secondary N) is 1. The van der Waals surface area contributed by atoms with E-state index in [1.165, 1.54) is 17.1 Å². The van der Waals surface area contributed by atoms with E-state index in [1.54, 1.807) is 24.3 Å². The number of ether oxygens (including phenoxy) is 1. The summed E-state index contributed by atoms with van der Waals surface area (Å²) in [6.45, 7) is 2.51. The van der Waals surface area contributed by atoms with Crippen LogP contribution in [0.2, 0.25) is 0 Å². The molecule has 142 valence electrons. The highest BCUT2D eigenvalue weighted by molar-refractivity contribution is 8.19. The molecule has 0 aliphatic carbocycles. The van der Waals surface area contributed by atoms with Gasteiger partial charge in [-0.05, 0) is 48.9 Å². The third-order valence-electron chi connectivity index (χ3n) is 4.13. The summed E-state index contributed by atoms with van der Waals surface area (Å²) in [6, 6.07) is 15.0. The molecule has 1 heterocycles. The maximum atomic E-state index is 12.3. The molecular formula is C21H23NO3S2. The Morgan fingerprint density at radius 3 is 2.52 bits per heavy atom. The molecule has 1 aliphatic heterocycles. The minimum Gasteiger partial charge on any atom is -0.494 e. The molecule has 1 N–H and O–H groups in total.